The maximum atomic E-state index is 12.7. The molecule has 0 heterocycles. The zero-order chi connectivity index (χ0) is 21.4. The van der Waals surface area contributed by atoms with E-state index in [1.807, 2.05) is 0 Å². The van der Waals surface area contributed by atoms with Crippen LogP contribution in [0.4, 0.5) is 10.5 Å². The summed E-state index contributed by atoms with van der Waals surface area (Å²) >= 11 is 0. The molecule has 0 aliphatic heterocycles. The summed E-state index contributed by atoms with van der Waals surface area (Å²) in [5, 5.41) is 14.7. The van der Waals surface area contributed by atoms with E-state index in [0.717, 1.165) is 37.0 Å². The summed E-state index contributed by atoms with van der Waals surface area (Å²) in [6, 6.07) is 5.80. The average molecular weight is 436 g/mol. The van der Waals surface area contributed by atoms with E-state index in [0.29, 0.717) is 5.69 Å². The Balaban J connectivity index is 1.36. The number of carbonyl (C=O) groups is 2. The van der Waals surface area contributed by atoms with Crippen LogP contribution in [0, 0.1) is 17.8 Å². The molecule has 2 amide bonds. The molecule has 4 saturated carbocycles. The fourth-order valence-electron chi connectivity index (χ4n) is 5.94. The minimum Gasteiger partial charge on any atom is -0.481 e. The van der Waals surface area contributed by atoms with Gasteiger partial charge in [-0.15, -0.1) is 0 Å². The van der Waals surface area contributed by atoms with Gasteiger partial charge in [-0.05, 0) is 80.9 Å². The first-order valence-corrected chi connectivity index (χ1v) is 12.1. The van der Waals surface area contributed by atoms with Gasteiger partial charge in [-0.25, -0.2) is 17.9 Å². The summed E-state index contributed by atoms with van der Waals surface area (Å²) < 4.78 is 27.2. The van der Waals surface area contributed by atoms with E-state index in [1.54, 1.807) is 12.1 Å². The first kappa shape index (κ1) is 21.1. The number of carboxylic acid groups (broad SMARTS) is 1. The number of aliphatic carboxylic acids is 1. The van der Waals surface area contributed by atoms with Crippen molar-refractivity contribution in [2.24, 2.45) is 17.8 Å². The Morgan fingerprint density at radius 1 is 1.07 bits per heavy atom. The van der Waals surface area contributed by atoms with Crippen LogP contribution in [-0.2, 0) is 14.8 Å². The van der Waals surface area contributed by atoms with Crippen molar-refractivity contribution in [2.75, 3.05) is 11.9 Å². The zero-order valence-electron chi connectivity index (χ0n) is 16.9. The van der Waals surface area contributed by atoms with Gasteiger partial charge in [0.05, 0.1) is 4.90 Å². The molecule has 164 valence electrons. The molecule has 1 aromatic rings. The molecule has 9 heteroatoms. The third-order valence-electron chi connectivity index (χ3n) is 6.68. The van der Waals surface area contributed by atoms with Gasteiger partial charge in [0.15, 0.2) is 0 Å². The second kappa shape index (κ2) is 8.19. The third kappa shape index (κ3) is 4.78. The van der Waals surface area contributed by atoms with Gasteiger partial charge in [-0.3, -0.25) is 4.79 Å². The van der Waals surface area contributed by atoms with Gasteiger partial charge in [-0.2, -0.15) is 0 Å². The SMILES string of the molecule is O=C(O)CCCNS(=O)(=O)c1cccc(NC(=O)NC23CC4CC(CC(C4)C2)C3)c1. The van der Waals surface area contributed by atoms with Crippen LogP contribution in [-0.4, -0.2) is 37.6 Å². The molecule has 0 radical (unpaired) electrons. The van der Waals surface area contributed by atoms with E-state index in [9.17, 15) is 18.0 Å². The Morgan fingerprint density at radius 2 is 1.70 bits per heavy atom. The van der Waals surface area contributed by atoms with Crippen LogP contribution in [0.2, 0.25) is 0 Å². The fraction of sp³-hybridized carbons (Fsp3) is 0.619. The molecule has 30 heavy (non-hydrogen) atoms. The zero-order valence-corrected chi connectivity index (χ0v) is 17.7. The molecule has 4 N–H and O–H groups in total. The predicted octanol–water partition coefficient (Wildman–Crippen LogP) is 2.92. The van der Waals surface area contributed by atoms with Crippen LogP contribution in [0.5, 0.6) is 0 Å². The molecule has 4 aliphatic carbocycles. The monoisotopic (exact) mass is 435 g/mol. The van der Waals surface area contributed by atoms with Crippen molar-refractivity contribution in [3.8, 4) is 0 Å². The highest BCUT2D eigenvalue weighted by atomic mass is 32.2. The third-order valence-corrected chi connectivity index (χ3v) is 8.14. The minimum atomic E-state index is -3.77. The minimum absolute atomic E-state index is 0.0328. The number of urea groups is 1. The number of hydrogen-bond acceptors (Lipinski definition) is 4. The fourth-order valence-corrected chi connectivity index (χ4v) is 7.06. The van der Waals surface area contributed by atoms with Gasteiger partial charge in [0.25, 0.3) is 0 Å². The number of rotatable bonds is 8. The number of benzene rings is 1. The van der Waals surface area contributed by atoms with E-state index in [-0.39, 0.29) is 35.9 Å². The van der Waals surface area contributed by atoms with E-state index in [1.165, 1.54) is 31.4 Å². The second-order valence-electron chi connectivity index (χ2n) is 9.20. The topological polar surface area (TPSA) is 125 Å². The molecule has 0 saturated heterocycles. The number of amides is 2. The Hall–Kier alpha value is -2.13. The number of anilines is 1. The van der Waals surface area contributed by atoms with E-state index in [4.69, 9.17) is 5.11 Å². The average Bonchev–Trinajstić information content (AvgIpc) is 2.63. The first-order valence-electron chi connectivity index (χ1n) is 10.6. The highest BCUT2D eigenvalue weighted by Gasteiger charge is 2.51. The number of hydrogen-bond donors (Lipinski definition) is 4. The quantitative estimate of drug-likeness (QED) is 0.467. The lowest BCUT2D eigenvalue weighted by Crippen LogP contribution is -2.60. The van der Waals surface area contributed by atoms with Crippen molar-refractivity contribution in [1.29, 1.82) is 0 Å². The van der Waals surface area contributed by atoms with Crippen molar-refractivity contribution in [1.82, 2.24) is 10.0 Å². The Bertz CT molecular complexity index is 895. The molecule has 4 aliphatic rings. The highest BCUT2D eigenvalue weighted by molar-refractivity contribution is 7.89. The number of carboxylic acids is 1. The smallest absolute Gasteiger partial charge is 0.319 e. The Morgan fingerprint density at radius 3 is 2.30 bits per heavy atom. The van der Waals surface area contributed by atoms with Gasteiger partial charge in [0.2, 0.25) is 10.0 Å². The molecule has 5 rings (SSSR count). The summed E-state index contributed by atoms with van der Waals surface area (Å²) in [6.07, 6.45) is 7.11. The summed E-state index contributed by atoms with van der Waals surface area (Å²) in [5.74, 6) is 1.19. The molecular weight excluding hydrogens is 406 g/mol. The summed E-state index contributed by atoms with van der Waals surface area (Å²) in [5.41, 5.74) is 0.291. The van der Waals surface area contributed by atoms with Gasteiger partial charge in [0, 0.05) is 24.2 Å². The largest absolute Gasteiger partial charge is 0.481 e. The van der Waals surface area contributed by atoms with Gasteiger partial charge < -0.3 is 15.7 Å². The van der Waals surface area contributed by atoms with Crippen molar-refractivity contribution in [3.63, 3.8) is 0 Å². The van der Waals surface area contributed by atoms with Crippen molar-refractivity contribution >= 4 is 27.7 Å². The van der Waals surface area contributed by atoms with Crippen LogP contribution < -0.4 is 15.4 Å². The lowest BCUT2D eigenvalue weighted by atomic mass is 9.53. The maximum Gasteiger partial charge on any atom is 0.319 e. The maximum absolute atomic E-state index is 12.7. The summed E-state index contributed by atoms with van der Waals surface area (Å²) in [7, 11) is -3.77. The summed E-state index contributed by atoms with van der Waals surface area (Å²) in [4.78, 5) is 23.3. The van der Waals surface area contributed by atoms with Gasteiger partial charge >= 0.3 is 12.0 Å². The lowest BCUT2D eigenvalue weighted by molar-refractivity contribution is -0.137. The van der Waals surface area contributed by atoms with Gasteiger partial charge in [0.1, 0.15) is 0 Å². The van der Waals surface area contributed by atoms with Crippen LogP contribution >= 0.6 is 0 Å². The Kier molecular flexibility index (Phi) is 5.76. The molecule has 4 fully saturated rings. The van der Waals surface area contributed by atoms with Crippen molar-refractivity contribution in [2.45, 2.75) is 61.8 Å². The molecule has 1 aromatic carbocycles. The summed E-state index contributed by atoms with van der Waals surface area (Å²) in [6.45, 7) is 0.0405. The highest BCUT2D eigenvalue weighted by Crippen LogP contribution is 2.55. The van der Waals surface area contributed by atoms with Crippen molar-refractivity contribution < 1.29 is 23.1 Å². The van der Waals surface area contributed by atoms with Crippen LogP contribution in [0.3, 0.4) is 0 Å². The van der Waals surface area contributed by atoms with E-state index >= 15 is 0 Å². The number of sulfonamides is 1. The molecule has 0 aromatic heterocycles. The van der Waals surface area contributed by atoms with Crippen LogP contribution in [0.1, 0.15) is 51.4 Å². The number of nitrogens with one attached hydrogen (secondary N) is 3. The first-order chi connectivity index (χ1) is 14.2. The van der Waals surface area contributed by atoms with Crippen LogP contribution in [0.25, 0.3) is 0 Å². The van der Waals surface area contributed by atoms with Gasteiger partial charge in [-0.1, -0.05) is 6.07 Å². The molecule has 0 atom stereocenters. The molecule has 0 unspecified atom stereocenters. The molecule has 4 bridgehead atoms. The second-order valence-corrected chi connectivity index (χ2v) is 11.0. The standard InChI is InChI=1S/C21H29N3O5S/c25-19(26)5-2-6-22-30(28,29)18-4-1-3-17(10-18)23-20(27)24-21-11-14-7-15(12-21)9-16(8-14)13-21/h1,3-4,10,14-16,22H,2,5-9,11-13H2,(H,25,26)(H2,23,24,27). The van der Waals surface area contributed by atoms with Crippen LogP contribution in [0.15, 0.2) is 29.2 Å². The predicted molar refractivity (Wildman–Crippen MR) is 112 cm³/mol. The molecule has 8 nitrogen and oxygen atoms in total. The van der Waals surface area contributed by atoms with Crippen molar-refractivity contribution in [3.05, 3.63) is 24.3 Å². The van der Waals surface area contributed by atoms with E-state index < -0.39 is 16.0 Å². The normalized spacial score (nSPS) is 29.5. The molecular formula is C21H29N3O5S. The lowest BCUT2D eigenvalue weighted by Gasteiger charge is -2.56. The number of carbonyl (C=O) groups excluding carboxylic acids is 1. The van der Waals surface area contributed by atoms with E-state index in [2.05, 4.69) is 15.4 Å². The molecule has 0 spiro atoms. The Labute approximate surface area is 176 Å².